The van der Waals surface area contributed by atoms with Crippen molar-refractivity contribution < 1.29 is 9.59 Å². The molecule has 1 aromatic carbocycles. The second-order valence-corrected chi connectivity index (χ2v) is 6.00. The Morgan fingerprint density at radius 1 is 1.12 bits per heavy atom. The number of nitrogens with zero attached hydrogens (tertiary/aromatic N) is 2. The summed E-state index contributed by atoms with van der Waals surface area (Å²) in [6.07, 6.45) is 5.65. The quantitative estimate of drug-likeness (QED) is 0.899. The monoisotopic (exact) mass is 334 g/mol. The number of aromatic nitrogens is 1. The highest BCUT2D eigenvalue weighted by atomic mass is 16.2. The first-order chi connectivity index (χ1) is 12.2. The van der Waals surface area contributed by atoms with Crippen LogP contribution in [0, 0.1) is 11.3 Å². The third-order valence-electron chi connectivity index (χ3n) is 4.24. The van der Waals surface area contributed by atoms with Crippen molar-refractivity contribution in [3.05, 3.63) is 59.4 Å². The molecule has 0 spiro atoms. The standard InChI is InChI=1S/C19H18N4O2/c20-12-14-5-1-4-8-16(14)23-18(24)13-9-10-21-17(11-13)19(25)22-15-6-2-3-7-15/h1,4-5,8-11,15H,2-3,6-7H2,(H,22,25)(H,23,24). The summed E-state index contributed by atoms with van der Waals surface area (Å²) in [6.45, 7) is 0. The summed E-state index contributed by atoms with van der Waals surface area (Å²) in [5.41, 5.74) is 1.35. The van der Waals surface area contributed by atoms with Crippen LogP contribution in [-0.4, -0.2) is 22.8 Å². The van der Waals surface area contributed by atoms with Gasteiger partial charge in [0, 0.05) is 17.8 Å². The van der Waals surface area contributed by atoms with Gasteiger partial charge < -0.3 is 10.6 Å². The van der Waals surface area contributed by atoms with E-state index in [2.05, 4.69) is 15.6 Å². The number of amides is 2. The fraction of sp³-hybridized carbons (Fsp3) is 0.263. The molecule has 1 fully saturated rings. The van der Waals surface area contributed by atoms with E-state index < -0.39 is 0 Å². The third kappa shape index (κ3) is 4.01. The van der Waals surface area contributed by atoms with Crippen LogP contribution in [0.15, 0.2) is 42.6 Å². The molecule has 2 N–H and O–H groups in total. The van der Waals surface area contributed by atoms with Gasteiger partial charge in [0.1, 0.15) is 11.8 Å². The van der Waals surface area contributed by atoms with Crippen molar-refractivity contribution in [1.82, 2.24) is 10.3 Å². The van der Waals surface area contributed by atoms with Gasteiger partial charge in [0.2, 0.25) is 0 Å². The Labute approximate surface area is 145 Å². The van der Waals surface area contributed by atoms with Gasteiger partial charge in [-0.15, -0.1) is 0 Å². The van der Waals surface area contributed by atoms with Crippen molar-refractivity contribution in [3.63, 3.8) is 0 Å². The fourth-order valence-electron chi connectivity index (χ4n) is 2.91. The maximum atomic E-state index is 12.4. The van der Waals surface area contributed by atoms with E-state index in [0.29, 0.717) is 16.8 Å². The topological polar surface area (TPSA) is 94.9 Å². The summed E-state index contributed by atoms with van der Waals surface area (Å²) < 4.78 is 0. The number of hydrogen-bond donors (Lipinski definition) is 2. The maximum Gasteiger partial charge on any atom is 0.270 e. The lowest BCUT2D eigenvalue weighted by Gasteiger charge is -2.12. The van der Waals surface area contributed by atoms with Gasteiger partial charge in [0.05, 0.1) is 11.3 Å². The molecule has 1 aliphatic rings. The number of pyridine rings is 1. The molecular weight excluding hydrogens is 316 g/mol. The van der Waals surface area contributed by atoms with Gasteiger partial charge in [-0.2, -0.15) is 5.26 Å². The number of hydrogen-bond acceptors (Lipinski definition) is 4. The minimum absolute atomic E-state index is 0.189. The Bertz CT molecular complexity index is 835. The molecular formula is C19H18N4O2. The summed E-state index contributed by atoms with van der Waals surface area (Å²) in [5, 5.41) is 14.7. The average molecular weight is 334 g/mol. The zero-order valence-corrected chi connectivity index (χ0v) is 13.7. The lowest BCUT2D eigenvalue weighted by molar-refractivity contribution is 0.0933. The number of nitrogens with one attached hydrogen (secondary N) is 2. The highest BCUT2D eigenvalue weighted by Crippen LogP contribution is 2.18. The Balaban J connectivity index is 1.73. The van der Waals surface area contributed by atoms with Gasteiger partial charge in [-0.25, -0.2) is 0 Å². The predicted molar refractivity (Wildman–Crippen MR) is 93.1 cm³/mol. The van der Waals surface area contributed by atoms with Crippen LogP contribution in [0.5, 0.6) is 0 Å². The second-order valence-electron chi connectivity index (χ2n) is 6.00. The zero-order valence-electron chi connectivity index (χ0n) is 13.7. The van der Waals surface area contributed by atoms with Crippen LogP contribution < -0.4 is 10.6 Å². The van der Waals surface area contributed by atoms with Gasteiger partial charge in [-0.3, -0.25) is 14.6 Å². The predicted octanol–water partition coefficient (Wildman–Crippen LogP) is 2.88. The lowest BCUT2D eigenvalue weighted by atomic mass is 10.1. The summed E-state index contributed by atoms with van der Waals surface area (Å²) in [4.78, 5) is 28.8. The van der Waals surface area contributed by atoms with E-state index in [1.54, 1.807) is 24.3 Å². The molecule has 0 atom stereocenters. The average Bonchev–Trinajstić information content (AvgIpc) is 3.15. The smallest absolute Gasteiger partial charge is 0.270 e. The Hall–Kier alpha value is -3.20. The van der Waals surface area contributed by atoms with Crippen LogP contribution in [0.4, 0.5) is 5.69 Å². The van der Waals surface area contributed by atoms with E-state index >= 15 is 0 Å². The summed E-state index contributed by atoms with van der Waals surface area (Å²) in [5.74, 6) is -0.654. The maximum absolute atomic E-state index is 12.4. The van der Waals surface area contributed by atoms with Gasteiger partial charge in [0.15, 0.2) is 0 Å². The molecule has 0 saturated heterocycles. The van der Waals surface area contributed by atoms with E-state index in [-0.39, 0.29) is 23.6 Å². The molecule has 0 bridgehead atoms. The minimum atomic E-state index is -0.389. The summed E-state index contributed by atoms with van der Waals surface area (Å²) in [7, 11) is 0. The molecule has 0 radical (unpaired) electrons. The molecule has 2 aromatic rings. The molecule has 2 amide bonds. The van der Waals surface area contributed by atoms with Crippen molar-refractivity contribution >= 4 is 17.5 Å². The first-order valence-electron chi connectivity index (χ1n) is 8.25. The van der Waals surface area contributed by atoms with Crippen LogP contribution in [-0.2, 0) is 0 Å². The highest BCUT2D eigenvalue weighted by Gasteiger charge is 2.19. The number of nitriles is 1. The second kappa shape index (κ2) is 7.58. The zero-order chi connectivity index (χ0) is 17.6. The van der Waals surface area contributed by atoms with Gasteiger partial charge in [-0.1, -0.05) is 25.0 Å². The molecule has 6 heteroatoms. The fourth-order valence-corrected chi connectivity index (χ4v) is 2.91. The number of para-hydroxylation sites is 1. The largest absolute Gasteiger partial charge is 0.348 e. The first kappa shape index (κ1) is 16.7. The van der Waals surface area contributed by atoms with Crippen LogP contribution in [0.25, 0.3) is 0 Å². The van der Waals surface area contributed by atoms with Crippen LogP contribution >= 0.6 is 0 Å². The van der Waals surface area contributed by atoms with E-state index in [1.165, 1.54) is 18.3 Å². The van der Waals surface area contributed by atoms with Crippen LogP contribution in [0.2, 0.25) is 0 Å². The van der Waals surface area contributed by atoms with E-state index in [9.17, 15) is 9.59 Å². The summed E-state index contributed by atoms with van der Waals surface area (Å²) >= 11 is 0. The number of benzene rings is 1. The molecule has 126 valence electrons. The van der Waals surface area contributed by atoms with E-state index in [1.807, 2.05) is 6.07 Å². The SMILES string of the molecule is N#Cc1ccccc1NC(=O)c1ccnc(C(=O)NC2CCCC2)c1. The normalized spacial score (nSPS) is 13.9. The van der Waals surface area contributed by atoms with Crippen molar-refractivity contribution in [2.75, 3.05) is 5.32 Å². The lowest BCUT2D eigenvalue weighted by Crippen LogP contribution is -2.33. The first-order valence-corrected chi connectivity index (χ1v) is 8.25. The number of anilines is 1. The molecule has 25 heavy (non-hydrogen) atoms. The molecule has 0 aliphatic heterocycles. The van der Waals surface area contributed by atoms with Crippen LogP contribution in [0.3, 0.4) is 0 Å². The third-order valence-corrected chi connectivity index (χ3v) is 4.24. The molecule has 6 nitrogen and oxygen atoms in total. The molecule has 0 unspecified atom stereocenters. The van der Waals surface area contributed by atoms with Gasteiger partial charge >= 0.3 is 0 Å². The van der Waals surface area contributed by atoms with E-state index in [0.717, 1.165) is 25.7 Å². The number of rotatable bonds is 4. The van der Waals surface area contributed by atoms with E-state index in [4.69, 9.17) is 5.26 Å². The van der Waals surface area contributed by atoms with Crippen molar-refractivity contribution in [1.29, 1.82) is 5.26 Å². The Kier molecular flexibility index (Phi) is 5.05. The molecule has 3 rings (SSSR count). The number of carbonyl (C=O) groups is 2. The van der Waals surface area contributed by atoms with Gasteiger partial charge in [-0.05, 0) is 37.1 Å². The van der Waals surface area contributed by atoms with Crippen molar-refractivity contribution in [2.45, 2.75) is 31.7 Å². The molecule has 1 aliphatic carbocycles. The van der Waals surface area contributed by atoms with Crippen LogP contribution in [0.1, 0.15) is 52.1 Å². The molecule has 1 saturated carbocycles. The highest BCUT2D eigenvalue weighted by molar-refractivity contribution is 6.06. The van der Waals surface area contributed by atoms with Gasteiger partial charge in [0.25, 0.3) is 11.8 Å². The Morgan fingerprint density at radius 2 is 1.88 bits per heavy atom. The Morgan fingerprint density at radius 3 is 2.64 bits per heavy atom. The molecule has 1 aromatic heterocycles. The number of carbonyl (C=O) groups excluding carboxylic acids is 2. The van der Waals surface area contributed by atoms with Crippen molar-refractivity contribution in [3.8, 4) is 6.07 Å². The summed E-state index contributed by atoms with van der Waals surface area (Å²) in [6, 6.07) is 12.0. The van der Waals surface area contributed by atoms with Crippen molar-refractivity contribution in [2.24, 2.45) is 0 Å². The minimum Gasteiger partial charge on any atom is -0.348 e. The molecule has 1 heterocycles.